The average molecular weight is 568 g/mol. The van der Waals surface area contributed by atoms with E-state index in [1.807, 2.05) is 31.2 Å². The molecule has 0 fully saturated rings. The summed E-state index contributed by atoms with van der Waals surface area (Å²) < 4.78 is 10.9. The molecule has 4 rings (SSSR count). The van der Waals surface area contributed by atoms with Crippen molar-refractivity contribution in [2.75, 3.05) is 26.2 Å². The summed E-state index contributed by atoms with van der Waals surface area (Å²) in [4.78, 5) is 9.06. The normalized spacial score (nSPS) is 12.6. The number of benzene rings is 2. The molecule has 1 aliphatic heterocycles. The van der Waals surface area contributed by atoms with Gasteiger partial charge in [0.25, 0.3) is 0 Å². The van der Waals surface area contributed by atoms with Gasteiger partial charge in [-0.3, -0.25) is 4.99 Å². The summed E-state index contributed by atoms with van der Waals surface area (Å²) >= 11 is 5.93. The first-order valence-electron chi connectivity index (χ1n) is 10.6. The highest BCUT2D eigenvalue weighted by Crippen LogP contribution is 2.25. The minimum Gasteiger partial charge on any atom is -0.493 e. The molecule has 2 aromatic carbocycles. The van der Waals surface area contributed by atoms with E-state index in [-0.39, 0.29) is 24.0 Å². The number of aromatic nitrogens is 2. The fourth-order valence-electron chi connectivity index (χ4n) is 3.40. The fourth-order valence-corrected chi connectivity index (χ4v) is 3.52. The van der Waals surface area contributed by atoms with Gasteiger partial charge in [-0.1, -0.05) is 28.9 Å². The number of hydrogen-bond donors (Lipinski definition) is 2. The molecular weight excluding hydrogens is 541 g/mol. The zero-order valence-electron chi connectivity index (χ0n) is 17.9. The van der Waals surface area contributed by atoms with E-state index in [2.05, 4.69) is 44.0 Å². The van der Waals surface area contributed by atoms with Crippen molar-refractivity contribution in [1.29, 1.82) is 0 Å². The molecule has 2 heterocycles. The van der Waals surface area contributed by atoms with Gasteiger partial charge in [-0.15, -0.1) is 24.0 Å². The Labute approximate surface area is 210 Å². The topological polar surface area (TPSA) is 84.6 Å². The predicted octanol–water partition coefficient (Wildman–Crippen LogP) is 4.28. The number of guanidine groups is 1. The molecule has 32 heavy (non-hydrogen) atoms. The van der Waals surface area contributed by atoms with Crippen molar-refractivity contribution in [2.45, 2.75) is 26.2 Å². The third-order valence-corrected chi connectivity index (χ3v) is 5.22. The van der Waals surface area contributed by atoms with Crippen LogP contribution in [0.3, 0.4) is 0 Å². The van der Waals surface area contributed by atoms with Crippen molar-refractivity contribution >= 4 is 41.5 Å². The quantitative estimate of drug-likeness (QED) is 0.240. The van der Waals surface area contributed by atoms with E-state index in [1.54, 1.807) is 0 Å². The molecule has 9 heteroatoms. The number of halogens is 2. The molecular formula is C23H27ClIN5O2. The molecule has 0 saturated heterocycles. The predicted molar refractivity (Wildman–Crippen MR) is 137 cm³/mol. The molecule has 1 aromatic heterocycles. The molecule has 1 aliphatic rings. The Morgan fingerprint density at radius 3 is 2.78 bits per heavy atom. The Morgan fingerprint density at radius 2 is 1.97 bits per heavy atom. The van der Waals surface area contributed by atoms with Crippen LogP contribution in [0.15, 0.2) is 52.0 Å². The van der Waals surface area contributed by atoms with Gasteiger partial charge in [0.1, 0.15) is 5.75 Å². The van der Waals surface area contributed by atoms with E-state index in [0.717, 1.165) is 49.8 Å². The van der Waals surface area contributed by atoms with E-state index in [4.69, 9.17) is 20.9 Å². The first-order valence-corrected chi connectivity index (χ1v) is 10.9. The Bertz CT molecular complexity index is 1040. The Hall–Kier alpha value is -2.33. The van der Waals surface area contributed by atoms with Gasteiger partial charge in [-0.2, -0.15) is 4.98 Å². The third-order valence-electron chi connectivity index (χ3n) is 4.97. The van der Waals surface area contributed by atoms with E-state index < -0.39 is 0 Å². The largest absolute Gasteiger partial charge is 0.493 e. The molecule has 0 saturated carbocycles. The lowest BCUT2D eigenvalue weighted by Gasteiger charge is -2.11. The molecule has 3 aromatic rings. The zero-order chi connectivity index (χ0) is 21.5. The van der Waals surface area contributed by atoms with Gasteiger partial charge in [-0.05, 0) is 54.8 Å². The van der Waals surface area contributed by atoms with Gasteiger partial charge in [0.15, 0.2) is 5.96 Å². The van der Waals surface area contributed by atoms with Crippen LogP contribution in [-0.4, -0.2) is 42.3 Å². The van der Waals surface area contributed by atoms with Crippen LogP contribution in [0.25, 0.3) is 11.4 Å². The maximum atomic E-state index is 5.93. The standard InChI is InChI=1S/C23H26ClN5O2.HI/c1-2-25-23(26-12-9-16-3-8-20-18(15-16)11-14-30-20)27-13-10-21-28-22(29-31-21)17-4-6-19(24)7-5-17;/h3-8,15H,2,9-14H2,1H3,(H2,25,26,27);1H. The molecule has 0 radical (unpaired) electrons. The number of nitrogens with zero attached hydrogens (tertiary/aromatic N) is 3. The van der Waals surface area contributed by atoms with Gasteiger partial charge in [0.2, 0.25) is 11.7 Å². The highest BCUT2D eigenvalue weighted by Gasteiger charge is 2.12. The van der Waals surface area contributed by atoms with Gasteiger partial charge >= 0.3 is 0 Å². The number of ether oxygens (including phenoxy) is 1. The lowest BCUT2D eigenvalue weighted by molar-refractivity contribution is 0.357. The van der Waals surface area contributed by atoms with Crippen molar-refractivity contribution in [1.82, 2.24) is 20.8 Å². The van der Waals surface area contributed by atoms with Gasteiger partial charge in [0.05, 0.1) is 13.2 Å². The summed E-state index contributed by atoms with van der Waals surface area (Å²) in [6.45, 7) is 4.98. The van der Waals surface area contributed by atoms with Crippen LogP contribution in [0.2, 0.25) is 5.02 Å². The number of fused-ring (bicyclic) bond motifs is 1. The van der Waals surface area contributed by atoms with Gasteiger partial charge < -0.3 is 19.9 Å². The number of aliphatic imine (C=N–C) groups is 1. The molecule has 2 N–H and O–H groups in total. The van der Waals surface area contributed by atoms with Crippen LogP contribution in [0, 0.1) is 0 Å². The summed E-state index contributed by atoms with van der Waals surface area (Å²) in [6.07, 6.45) is 2.49. The Balaban J connectivity index is 0.00000289. The van der Waals surface area contributed by atoms with E-state index >= 15 is 0 Å². The summed E-state index contributed by atoms with van der Waals surface area (Å²) in [5.41, 5.74) is 3.47. The smallest absolute Gasteiger partial charge is 0.228 e. The average Bonchev–Trinajstić information content (AvgIpc) is 3.43. The molecule has 0 amide bonds. The van der Waals surface area contributed by atoms with Crippen LogP contribution < -0.4 is 15.4 Å². The van der Waals surface area contributed by atoms with Crippen molar-refractivity contribution in [3.63, 3.8) is 0 Å². The second-order valence-electron chi connectivity index (χ2n) is 7.25. The summed E-state index contributed by atoms with van der Waals surface area (Å²) in [5.74, 6) is 2.92. The molecule has 7 nitrogen and oxygen atoms in total. The van der Waals surface area contributed by atoms with Crippen LogP contribution in [0.5, 0.6) is 5.75 Å². The Kier molecular flexibility index (Phi) is 9.16. The number of rotatable bonds is 8. The van der Waals surface area contributed by atoms with E-state index in [9.17, 15) is 0 Å². The van der Waals surface area contributed by atoms with E-state index in [0.29, 0.717) is 29.7 Å². The molecule has 0 spiro atoms. The second kappa shape index (κ2) is 12.1. The maximum Gasteiger partial charge on any atom is 0.228 e. The zero-order valence-corrected chi connectivity index (χ0v) is 21.0. The van der Waals surface area contributed by atoms with E-state index in [1.165, 1.54) is 11.1 Å². The minimum atomic E-state index is 0. The summed E-state index contributed by atoms with van der Waals surface area (Å²) in [5, 5.41) is 11.4. The third kappa shape index (κ3) is 6.59. The van der Waals surface area contributed by atoms with Gasteiger partial charge in [0, 0.05) is 36.5 Å². The molecule has 0 unspecified atom stereocenters. The first kappa shape index (κ1) is 24.3. The minimum absolute atomic E-state index is 0. The van der Waals surface area contributed by atoms with Crippen molar-refractivity contribution in [2.24, 2.45) is 4.99 Å². The molecule has 0 atom stereocenters. The molecule has 0 aliphatic carbocycles. The van der Waals surface area contributed by atoms with Crippen LogP contribution >= 0.6 is 35.6 Å². The van der Waals surface area contributed by atoms with Crippen molar-refractivity contribution in [3.8, 4) is 17.1 Å². The van der Waals surface area contributed by atoms with Crippen LogP contribution in [0.1, 0.15) is 23.9 Å². The SMILES string of the molecule is CCNC(=NCCc1nc(-c2ccc(Cl)cc2)no1)NCCc1ccc2c(c1)CCO2.I. The Morgan fingerprint density at radius 1 is 1.12 bits per heavy atom. The summed E-state index contributed by atoms with van der Waals surface area (Å²) in [6, 6.07) is 13.8. The molecule has 170 valence electrons. The van der Waals surface area contributed by atoms with Crippen molar-refractivity contribution < 1.29 is 9.26 Å². The lowest BCUT2D eigenvalue weighted by atomic mass is 10.1. The van der Waals surface area contributed by atoms with Crippen LogP contribution in [-0.2, 0) is 19.3 Å². The van der Waals surface area contributed by atoms with Crippen molar-refractivity contribution in [3.05, 3.63) is 64.5 Å². The maximum absolute atomic E-state index is 5.93. The second-order valence-corrected chi connectivity index (χ2v) is 7.68. The number of hydrogen-bond acceptors (Lipinski definition) is 5. The first-order chi connectivity index (χ1) is 15.2. The van der Waals surface area contributed by atoms with Crippen LogP contribution in [0.4, 0.5) is 0 Å². The van der Waals surface area contributed by atoms with Gasteiger partial charge in [-0.25, -0.2) is 0 Å². The highest BCUT2D eigenvalue weighted by atomic mass is 127. The fraction of sp³-hybridized carbons (Fsp3) is 0.348. The highest BCUT2D eigenvalue weighted by molar-refractivity contribution is 14.0. The monoisotopic (exact) mass is 567 g/mol. The molecule has 0 bridgehead atoms. The summed E-state index contributed by atoms with van der Waals surface area (Å²) in [7, 11) is 0. The lowest BCUT2D eigenvalue weighted by Crippen LogP contribution is -2.38. The number of nitrogens with one attached hydrogen (secondary N) is 2.